The number of nitrogens with zero attached hydrogens (tertiary/aromatic N) is 2. The Labute approximate surface area is 123 Å². The predicted octanol–water partition coefficient (Wildman–Crippen LogP) is 2.70. The van der Waals surface area contributed by atoms with Crippen molar-refractivity contribution in [2.75, 3.05) is 12.3 Å². The van der Waals surface area contributed by atoms with E-state index in [2.05, 4.69) is 33.2 Å². The van der Waals surface area contributed by atoms with E-state index >= 15 is 0 Å². The van der Waals surface area contributed by atoms with Crippen LogP contribution in [0.5, 0.6) is 0 Å². The van der Waals surface area contributed by atoms with Gasteiger partial charge in [0.25, 0.3) is 0 Å². The third-order valence-corrected chi connectivity index (χ3v) is 4.31. The van der Waals surface area contributed by atoms with Gasteiger partial charge in [-0.2, -0.15) is 0 Å². The van der Waals surface area contributed by atoms with Gasteiger partial charge in [0.15, 0.2) is 0 Å². The zero-order valence-electron chi connectivity index (χ0n) is 11.8. The van der Waals surface area contributed by atoms with Crippen molar-refractivity contribution in [1.82, 2.24) is 14.9 Å². The van der Waals surface area contributed by atoms with Gasteiger partial charge in [0.1, 0.15) is 5.65 Å². The van der Waals surface area contributed by atoms with Crippen molar-refractivity contribution < 1.29 is 0 Å². The topological polar surface area (TPSA) is 57.9 Å². The molecule has 0 aliphatic carbocycles. The number of nitrogens with two attached hydrogens (primary N) is 1. The number of H-pyrrole nitrogens is 1. The van der Waals surface area contributed by atoms with E-state index in [1.807, 2.05) is 24.4 Å². The lowest BCUT2D eigenvalue weighted by molar-refractivity contribution is 0.247. The first-order valence-electron chi connectivity index (χ1n) is 7.31. The molecule has 0 amide bonds. The maximum atomic E-state index is 6.07. The van der Waals surface area contributed by atoms with E-state index in [0.29, 0.717) is 0 Å². The molecule has 4 heteroatoms. The molecule has 1 aliphatic heterocycles. The zero-order valence-corrected chi connectivity index (χ0v) is 11.8. The van der Waals surface area contributed by atoms with E-state index in [1.54, 1.807) is 0 Å². The van der Waals surface area contributed by atoms with Gasteiger partial charge < -0.3 is 10.7 Å². The third kappa shape index (κ3) is 2.17. The molecule has 106 valence electrons. The SMILES string of the molecule is Nc1cccc2c1CCN(Cc1c[nH]c3ncccc13)C2. The highest BCUT2D eigenvalue weighted by Gasteiger charge is 2.18. The van der Waals surface area contributed by atoms with Crippen molar-refractivity contribution in [2.24, 2.45) is 0 Å². The van der Waals surface area contributed by atoms with E-state index < -0.39 is 0 Å². The van der Waals surface area contributed by atoms with E-state index in [-0.39, 0.29) is 0 Å². The number of pyridine rings is 1. The van der Waals surface area contributed by atoms with Crippen LogP contribution in [-0.4, -0.2) is 21.4 Å². The molecular weight excluding hydrogens is 260 g/mol. The number of aromatic amines is 1. The second-order valence-corrected chi connectivity index (χ2v) is 5.66. The summed E-state index contributed by atoms with van der Waals surface area (Å²) >= 11 is 0. The molecule has 0 radical (unpaired) electrons. The predicted molar refractivity (Wildman–Crippen MR) is 84.8 cm³/mol. The number of benzene rings is 1. The average Bonchev–Trinajstić information content (AvgIpc) is 2.91. The van der Waals surface area contributed by atoms with Crippen LogP contribution >= 0.6 is 0 Å². The fraction of sp³-hybridized carbons (Fsp3) is 0.235. The highest BCUT2D eigenvalue weighted by molar-refractivity contribution is 5.79. The van der Waals surface area contributed by atoms with Gasteiger partial charge >= 0.3 is 0 Å². The minimum atomic E-state index is 0.934. The monoisotopic (exact) mass is 278 g/mol. The van der Waals surface area contributed by atoms with Gasteiger partial charge in [-0.3, -0.25) is 4.90 Å². The summed E-state index contributed by atoms with van der Waals surface area (Å²) in [4.78, 5) is 10.1. The smallest absolute Gasteiger partial charge is 0.137 e. The Morgan fingerprint density at radius 2 is 2.19 bits per heavy atom. The van der Waals surface area contributed by atoms with Crippen LogP contribution in [0.2, 0.25) is 0 Å². The van der Waals surface area contributed by atoms with Crippen molar-refractivity contribution in [2.45, 2.75) is 19.5 Å². The summed E-state index contributed by atoms with van der Waals surface area (Å²) in [6.45, 7) is 2.96. The Kier molecular flexibility index (Phi) is 2.89. The van der Waals surface area contributed by atoms with Crippen molar-refractivity contribution in [3.05, 3.63) is 59.4 Å². The summed E-state index contributed by atoms with van der Waals surface area (Å²) in [7, 11) is 0. The molecule has 3 aromatic rings. The van der Waals surface area contributed by atoms with Crippen molar-refractivity contribution in [1.29, 1.82) is 0 Å². The molecule has 0 saturated heterocycles. The largest absolute Gasteiger partial charge is 0.398 e. The molecule has 1 aromatic carbocycles. The number of fused-ring (bicyclic) bond motifs is 2. The van der Waals surface area contributed by atoms with Crippen LogP contribution in [0, 0.1) is 0 Å². The van der Waals surface area contributed by atoms with Gasteiger partial charge in [-0.1, -0.05) is 12.1 Å². The molecule has 3 heterocycles. The van der Waals surface area contributed by atoms with Gasteiger partial charge in [0.2, 0.25) is 0 Å². The molecular formula is C17H18N4. The number of rotatable bonds is 2. The standard InChI is InChI=1S/C17H18N4/c18-16-5-1-3-12-10-21(8-6-14(12)16)11-13-9-20-17-15(13)4-2-7-19-17/h1-5,7,9H,6,8,10-11,18H2,(H,19,20). The lowest BCUT2D eigenvalue weighted by Crippen LogP contribution is -2.30. The Morgan fingerprint density at radius 3 is 3.14 bits per heavy atom. The van der Waals surface area contributed by atoms with E-state index in [1.165, 1.54) is 22.1 Å². The zero-order chi connectivity index (χ0) is 14.2. The van der Waals surface area contributed by atoms with Crippen LogP contribution < -0.4 is 5.73 Å². The Hall–Kier alpha value is -2.33. The van der Waals surface area contributed by atoms with Crippen LogP contribution in [0.15, 0.2) is 42.7 Å². The minimum absolute atomic E-state index is 0.934. The Bertz CT molecular complexity index is 790. The normalized spacial score (nSPS) is 15.2. The minimum Gasteiger partial charge on any atom is -0.398 e. The molecule has 0 unspecified atom stereocenters. The fourth-order valence-electron chi connectivity index (χ4n) is 3.22. The second kappa shape index (κ2) is 4.90. The van der Waals surface area contributed by atoms with Gasteiger partial charge in [0.05, 0.1) is 0 Å². The van der Waals surface area contributed by atoms with Crippen LogP contribution in [0.25, 0.3) is 11.0 Å². The summed E-state index contributed by atoms with van der Waals surface area (Å²) in [6.07, 6.45) is 4.93. The van der Waals surface area contributed by atoms with Gasteiger partial charge in [-0.05, 0) is 41.3 Å². The maximum Gasteiger partial charge on any atom is 0.137 e. The quantitative estimate of drug-likeness (QED) is 0.709. The molecule has 2 aromatic heterocycles. The number of aromatic nitrogens is 2. The summed E-state index contributed by atoms with van der Waals surface area (Å²) < 4.78 is 0. The van der Waals surface area contributed by atoms with Crippen LogP contribution in [0.1, 0.15) is 16.7 Å². The first kappa shape index (κ1) is 12.4. The fourth-order valence-corrected chi connectivity index (χ4v) is 3.22. The maximum absolute atomic E-state index is 6.07. The summed E-state index contributed by atoms with van der Waals surface area (Å²) in [5.41, 5.74) is 12.0. The van der Waals surface area contributed by atoms with Crippen molar-refractivity contribution in [3.8, 4) is 0 Å². The molecule has 0 atom stereocenters. The highest BCUT2D eigenvalue weighted by Crippen LogP contribution is 2.26. The Morgan fingerprint density at radius 1 is 1.24 bits per heavy atom. The van der Waals surface area contributed by atoms with Crippen LogP contribution in [0.3, 0.4) is 0 Å². The molecule has 0 bridgehead atoms. The van der Waals surface area contributed by atoms with E-state index in [0.717, 1.165) is 37.4 Å². The van der Waals surface area contributed by atoms with Gasteiger partial charge in [-0.15, -0.1) is 0 Å². The molecule has 4 nitrogen and oxygen atoms in total. The number of nitrogens with one attached hydrogen (secondary N) is 1. The molecule has 21 heavy (non-hydrogen) atoms. The molecule has 1 aliphatic rings. The van der Waals surface area contributed by atoms with Gasteiger partial charge in [-0.25, -0.2) is 4.98 Å². The Balaban J connectivity index is 1.59. The first-order chi connectivity index (χ1) is 10.3. The number of hydrogen-bond donors (Lipinski definition) is 2. The number of anilines is 1. The average molecular weight is 278 g/mol. The lowest BCUT2D eigenvalue weighted by atomic mass is 9.97. The number of hydrogen-bond acceptors (Lipinski definition) is 3. The van der Waals surface area contributed by atoms with Crippen LogP contribution in [0.4, 0.5) is 5.69 Å². The summed E-state index contributed by atoms with van der Waals surface area (Å²) in [6, 6.07) is 10.4. The van der Waals surface area contributed by atoms with E-state index in [9.17, 15) is 0 Å². The summed E-state index contributed by atoms with van der Waals surface area (Å²) in [5, 5.41) is 1.22. The third-order valence-electron chi connectivity index (χ3n) is 4.31. The first-order valence-corrected chi connectivity index (χ1v) is 7.31. The van der Waals surface area contributed by atoms with Crippen molar-refractivity contribution in [3.63, 3.8) is 0 Å². The molecule has 3 N–H and O–H groups in total. The van der Waals surface area contributed by atoms with Gasteiger partial charge in [0, 0.05) is 43.1 Å². The molecule has 0 spiro atoms. The summed E-state index contributed by atoms with van der Waals surface area (Å²) in [5.74, 6) is 0. The van der Waals surface area contributed by atoms with E-state index in [4.69, 9.17) is 5.73 Å². The lowest BCUT2D eigenvalue weighted by Gasteiger charge is -2.29. The van der Waals surface area contributed by atoms with Crippen molar-refractivity contribution >= 4 is 16.7 Å². The molecule has 0 saturated carbocycles. The highest BCUT2D eigenvalue weighted by atomic mass is 15.1. The van der Waals surface area contributed by atoms with Crippen LogP contribution in [-0.2, 0) is 19.5 Å². The molecule has 0 fully saturated rings. The number of nitrogen functional groups attached to an aromatic ring is 1. The second-order valence-electron chi connectivity index (χ2n) is 5.66. The molecule has 4 rings (SSSR count).